The molecule has 1 aromatic carbocycles. The minimum absolute atomic E-state index is 0.110. The Morgan fingerprint density at radius 2 is 1.96 bits per heavy atom. The van der Waals surface area contributed by atoms with Crippen LogP contribution in [0.1, 0.15) is 30.1 Å². The lowest BCUT2D eigenvalue weighted by atomic mass is 10.1. The van der Waals surface area contributed by atoms with Gasteiger partial charge in [0.2, 0.25) is 5.91 Å². The van der Waals surface area contributed by atoms with Crippen molar-refractivity contribution in [3.63, 3.8) is 0 Å². The lowest BCUT2D eigenvalue weighted by Gasteiger charge is -2.38. The Morgan fingerprint density at radius 1 is 1.28 bits per heavy atom. The van der Waals surface area contributed by atoms with Crippen LogP contribution in [0.15, 0.2) is 29.6 Å². The number of ether oxygens (including phenoxy) is 2. The fraction of sp³-hybridized carbons (Fsp3) is 0.474. The number of thiazole rings is 1. The zero-order chi connectivity index (χ0) is 17.8. The van der Waals surface area contributed by atoms with Crippen molar-refractivity contribution >= 4 is 17.2 Å². The van der Waals surface area contributed by atoms with Crippen LogP contribution in [0, 0.1) is 6.92 Å². The van der Waals surface area contributed by atoms with Crippen LogP contribution in [0.3, 0.4) is 0 Å². The molecule has 3 rings (SSSR count). The highest BCUT2D eigenvalue weighted by atomic mass is 32.1. The number of nitrogens with zero attached hydrogens (tertiary/aromatic N) is 2. The maximum absolute atomic E-state index is 12.6. The molecule has 0 N–H and O–H groups in total. The molecule has 2 atom stereocenters. The number of rotatable bonds is 5. The van der Waals surface area contributed by atoms with E-state index in [9.17, 15) is 4.79 Å². The van der Waals surface area contributed by atoms with E-state index in [4.69, 9.17) is 9.47 Å². The summed E-state index contributed by atoms with van der Waals surface area (Å²) in [5.74, 6) is 0.939. The van der Waals surface area contributed by atoms with Gasteiger partial charge in [0, 0.05) is 5.38 Å². The molecule has 1 fully saturated rings. The predicted molar refractivity (Wildman–Crippen MR) is 97.9 cm³/mol. The second-order valence-corrected chi connectivity index (χ2v) is 7.49. The molecule has 0 spiro atoms. The molecule has 1 aliphatic rings. The highest BCUT2D eigenvalue weighted by Gasteiger charge is 2.29. The SMILES string of the molecule is Cc1ccc(OCc2nc(CC(=O)N3C(C)COCC3C)cs2)cc1. The number of hydrogen-bond donors (Lipinski definition) is 0. The lowest BCUT2D eigenvalue weighted by molar-refractivity contribution is -0.143. The molecule has 2 unspecified atom stereocenters. The van der Waals surface area contributed by atoms with Gasteiger partial charge in [0.15, 0.2) is 0 Å². The van der Waals surface area contributed by atoms with E-state index in [0.717, 1.165) is 16.5 Å². The summed E-state index contributed by atoms with van der Waals surface area (Å²) in [5.41, 5.74) is 2.01. The minimum Gasteiger partial charge on any atom is -0.486 e. The summed E-state index contributed by atoms with van der Waals surface area (Å²) in [6.07, 6.45) is 0.329. The molecule has 0 radical (unpaired) electrons. The molecule has 1 amide bonds. The number of morpholine rings is 1. The molecule has 6 heteroatoms. The van der Waals surface area contributed by atoms with E-state index >= 15 is 0 Å². The van der Waals surface area contributed by atoms with Crippen molar-refractivity contribution in [2.75, 3.05) is 13.2 Å². The first-order valence-corrected chi connectivity index (χ1v) is 9.42. The van der Waals surface area contributed by atoms with Crippen molar-refractivity contribution in [1.82, 2.24) is 9.88 Å². The summed E-state index contributed by atoms with van der Waals surface area (Å²) in [4.78, 5) is 19.1. The quantitative estimate of drug-likeness (QED) is 0.822. The Morgan fingerprint density at radius 3 is 2.64 bits per heavy atom. The van der Waals surface area contributed by atoms with E-state index in [-0.39, 0.29) is 18.0 Å². The summed E-state index contributed by atoms with van der Waals surface area (Å²) < 4.78 is 11.2. The van der Waals surface area contributed by atoms with Gasteiger partial charge in [-0.05, 0) is 32.9 Å². The minimum atomic E-state index is 0.110. The molecule has 0 saturated carbocycles. The highest BCUT2D eigenvalue weighted by molar-refractivity contribution is 7.09. The van der Waals surface area contributed by atoms with Crippen LogP contribution >= 0.6 is 11.3 Å². The van der Waals surface area contributed by atoms with Gasteiger partial charge in [-0.1, -0.05) is 17.7 Å². The monoisotopic (exact) mass is 360 g/mol. The molecule has 5 nitrogen and oxygen atoms in total. The maximum Gasteiger partial charge on any atom is 0.229 e. The van der Waals surface area contributed by atoms with Crippen LogP contribution in [-0.2, 0) is 22.6 Å². The fourth-order valence-corrected chi connectivity index (χ4v) is 3.72. The number of hydrogen-bond acceptors (Lipinski definition) is 5. The number of benzene rings is 1. The molecule has 134 valence electrons. The van der Waals surface area contributed by atoms with Crippen LogP contribution in [0.4, 0.5) is 0 Å². The second kappa shape index (κ2) is 7.97. The number of carbonyl (C=O) groups excluding carboxylic acids is 1. The number of carbonyl (C=O) groups is 1. The zero-order valence-corrected chi connectivity index (χ0v) is 15.7. The van der Waals surface area contributed by atoms with Crippen molar-refractivity contribution in [1.29, 1.82) is 0 Å². The molecule has 1 aromatic heterocycles. The van der Waals surface area contributed by atoms with Crippen molar-refractivity contribution in [2.24, 2.45) is 0 Å². The largest absolute Gasteiger partial charge is 0.486 e. The zero-order valence-electron chi connectivity index (χ0n) is 14.9. The molecule has 1 aliphatic heterocycles. The molecule has 1 saturated heterocycles. The van der Waals surface area contributed by atoms with Gasteiger partial charge in [0.25, 0.3) is 0 Å². The molecule has 0 bridgehead atoms. The smallest absolute Gasteiger partial charge is 0.229 e. The molecular weight excluding hydrogens is 336 g/mol. The molecule has 2 heterocycles. The van der Waals surface area contributed by atoms with E-state index < -0.39 is 0 Å². The van der Waals surface area contributed by atoms with Gasteiger partial charge < -0.3 is 14.4 Å². The van der Waals surface area contributed by atoms with Gasteiger partial charge >= 0.3 is 0 Å². The van der Waals surface area contributed by atoms with Crippen LogP contribution in [0.2, 0.25) is 0 Å². The van der Waals surface area contributed by atoms with E-state index in [0.29, 0.717) is 26.2 Å². The van der Waals surface area contributed by atoms with Crippen molar-refractivity contribution in [3.8, 4) is 5.75 Å². The number of aromatic nitrogens is 1. The van der Waals surface area contributed by atoms with Gasteiger partial charge in [0.05, 0.1) is 37.4 Å². The van der Waals surface area contributed by atoms with E-state index in [1.54, 1.807) is 0 Å². The Labute approximate surface area is 152 Å². The molecule has 2 aromatic rings. The maximum atomic E-state index is 12.6. The summed E-state index contributed by atoms with van der Waals surface area (Å²) in [5, 5.41) is 2.83. The van der Waals surface area contributed by atoms with E-state index in [1.165, 1.54) is 16.9 Å². The molecular formula is C19H24N2O3S. The van der Waals surface area contributed by atoms with E-state index in [2.05, 4.69) is 4.98 Å². The highest BCUT2D eigenvalue weighted by Crippen LogP contribution is 2.19. The fourth-order valence-electron chi connectivity index (χ4n) is 3.02. The van der Waals surface area contributed by atoms with Crippen LogP contribution in [0.5, 0.6) is 5.75 Å². The van der Waals surface area contributed by atoms with Gasteiger partial charge in [0.1, 0.15) is 17.4 Å². The Kier molecular flexibility index (Phi) is 5.71. The summed E-state index contributed by atoms with van der Waals surface area (Å²) in [6, 6.07) is 8.17. The van der Waals surface area contributed by atoms with Gasteiger partial charge in [-0.3, -0.25) is 4.79 Å². The van der Waals surface area contributed by atoms with Crippen molar-refractivity contribution < 1.29 is 14.3 Å². The summed E-state index contributed by atoms with van der Waals surface area (Å²) in [6.45, 7) is 7.72. The average Bonchev–Trinajstić information content (AvgIpc) is 3.01. The third-order valence-corrected chi connectivity index (χ3v) is 5.14. The Balaban J connectivity index is 1.56. The van der Waals surface area contributed by atoms with Gasteiger partial charge in [-0.25, -0.2) is 4.98 Å². The van der Waals surface area contributed by atoms with Crippen molar-refractivity contribution in [3.05, 3.63) is 45.9 Å². The van der Waals surface area contributed by atoms with Crippen LogP contribution in [0.25, 0.3) is 0 Å². The first-order chi connectivity index (χ1) is 12.0. The molecule has 25 heavy (non-hydrogen) atoms. The summed E-state index contributed by atoms with van der Waals surface area (Å²) in [7, 11) is 0. The normalized spacial score (nSPS) is 20.5. The number of aryl methyl sites for hydroxylation is 1. The first kappa shape index (κ1) is 17.9. The van der Waals surface area contributed by atoms with E-state index in [1.807, 2.05) is 55.3 Å². The molecule has 0 aliphatic carbocycles. The second-order valence-electron chi connectivity index (χ2n) is 6.55. The Bertz CT molecular complexity index is 704. The topological polar surface area (TPSA) is 51.7 Å². The van der Waals surface area contributed by atoms with Crippen LogP contribution in [-0.4, -0.2) is 41.1 Å². The average molecular weight is 360 g/mol. The van der Waals surface area contributed by atoms with Crippen molar-refractivity contribution in [2.45, 2.75) is 45.9 Å². The summed E-state index contributed by atoms with van der Waals surface area (Å²) >= 11 is 1.53. The van der Waals surface area contributed by atoms with Crippen LogP contribution < -0.4 is 4.74 Å². The lowest BCUT2D eigenvalue weighted by Crippen LogP contribution is -2.53. The van der Waals surface area contributed by atoms with Gasteiger partial charge in [-0.15, -0.1) is 11.3 Å². The third-order valence-electron chi connectivity index (χ3n) is 4.27. The number of amides is 1. The first-order valence-electron chi connectivity index (χ1n) is 8.54. The Hall–Kier alpha value is -1.92. The predicted octanol–water partition coefficient (Wildman–Crippen LogP) is 3.21. The van der Waals surface area contributed by atoms with Gasteiger partial charge in [-0.2, -0.15) is 0 Å². The standard InChI is InChI=1S/C19H24N2O3S/c1-13-4-6-17(7-5-13)24-11-18-20-16(12-25-18)8-19(22)21-14(2)9-23-10-15(21)3/h4-7,12,14-15H,8-11H2,1-3H3. The third kappa shape index (κ3) is 4.58.